The van der Waals surface area contributed by atoms with Crippen molar-refractivity contribution in [3.05, 3.63) is 63.7 Å². The number of carbonyl (C=O) groups excluding carboxylic acids is 2. The van der Waals surface area contributed by atoms with Crippen LogP contribution in [0.4, 0.5) is 11.4 Å². The maximum absolute atomic E-state index is 12.1. The molecule has 0 saturated heterocycles. The first-order valence-corrected chi connectivity index (χ1v) is 7.62. The molecule has 8 nitrogen and oxygen atoms in total. The number of anilines is 1. The van der Waals surface area contributed by atoms with Gasteiger partial charge in [0.25, 0.3) is 5.69 Å². The van der Waals surface area contributed by atoms with Crippen molar-refractivity contribution in [3.63, 3.8) is 0 Å². The van der Waals surface area contributed by atoms with Gasteiger partial charge in [-0.2, -0.15) is 0 Å². The van der Waals surface area contributed by atoms with Gasteiger partial charge in [0.05, 0.1) is 10.6 Å². The molecule has 8 heteroatoms. The summed E-state index contributed by atoms with van der Waals surface area (Å²) in [5, 5.41) is 13.3. The third kappa shape index (κ3) is 3.69. The number of hydrogen-bond acceptors (Lipinski definition) is 6. The van der Waals surface area contributed by atoms with E-state index < -0.39 is 10.8 Å². The lowest BCUT2D eigenvalue weighted by molar-refractivity contribution is -0.384. The smallest absolute Gasteiger partial charge is 0.269 e. The average molecular weight is 354 g/mol. The monoisotopic (exact) mass is 354 g/mol. The van der Waals surface area contributed by atoms with Crippen LogP contribution in [0.1, 0.15) is 22.8 Å². The number of ketones is 1. The topological polar surface area (TPSA) is 108 Å². The number of nitrogens with zero attached hydrogens (tertiary/aromatic N) is 1. The molecule has 0 saturated carbocycles. The first kappa shape index (κ1) is 17.2. The molecule has 26 heavy (non-hydrogen) atoms. The van der Waals surface area contributed by atoms with Gasteiger partial charge in [-0.1, -0.05) is 0 Å². The van der Waals surface area contributed by atoms with E-state index in [0.29, 0.717) is 28.3 Å². The number of amides is 1. The fourth-order valence-corrected chi connectivity index (χ4v) is 2.39. The molecule has 0 fully saturated rings. The molecule has 0 radical (unpaired) electrons. The number of carbonyl (C=O) groups is 2. The van der Waals surface area contributed by atoms with Crippen LogP contribution in [0.25, 0.3) is 6.08 Å². The lowest BCUT2D eigenvalue weighted by atomic mass is 10.1. The van der Waals surface area contributed by atoms with Crippen molar-refractivity contribution in [1.82, 2.24) is 0 Å². The minimum atomic E-state index is -0.497. The van der Waals surface area contributed by atoms with E-state index in [1.54, 1.807) is 0 Å². The lowest BCUT2D eigenvalue weighted by Crippen LogP contribution is -2.11. The summed E-state index contributed by atoms with van der Waals surface area (Å²) in [5.41, 5.74) is 1.23. The van der Waals surface area contributed by atoms with Crippen LogP contribution in [0.5, 0.6) is 11.5 Å². The number of benzene rings is 2. The Hall–Kier alpha value is -3.68. The molecule has 1 amide bonds. The predicted molar refractivity (Wildman–Crippen MR) is 93.3 cm³/mol. The maximum atomic E-state index is 12.1. The fraction of sp³-hybridized carbons (Fsp3) is 0.111. The van der Waals surface area contributed by atoms with Gasteiger partial charge in [0.15, 0.2) is 17.3 Å². The normalized spacial score (nSPS) is 12.2. The van der Waals surface area contributed by atoms with Gasteiger partial charge in [-0.05, 0) is 36.8 Å². The number of nitrogens with one attached hydrogen (secondary N) is 1. The molecule has 0 aliphatic carbocycles. The van der Waals surface area contributed by atoms with Gasteiger partial charge in [-0.15, -0.1) is 0 Å². The van der Waals surface area contributed by atoms with E-state index in [9.17, 15) is 19.7 Å². The van der Waals surface area contributed by atoms with Crippen LogP contribution in [0.3, 0.4) is 0 Å². The maximum Gasteiger partial charge on any atom is 0.269 e. The summed E-state index contributed by atoms with van der Waals surface area (Å²) in [5.74, 6) is 0.224. The summed E-state index contributed by atoms with van der Waals surface area (Å²) in [7, 11) is 0. The molecule has 1 heterocycles. The van der Waals surface area contributed by atoms with E-state index in [0.717, 1.165) is 0 Å². The van der Waals surface area contributed by atoms with E-state index in [2.05, 4.69) is 5.32 Å². The number of rotatable bonds is 5. The third-order valence-corrected chi connectivity index (χ3v) is 3.68. The summed E-state index contributed by atoms with van der Waals surface area (Å²) in [6, 6.07) is 8.83. The summed E-state index contributed by atoms with van der Waals surface area (Å²) in [6.45, 7) is 1.45. The van der Waals surface area contributed by atoms with Crippen molar-refractivity contribution in [1.29, 1.82) is 0 Å². The van der Waals surface area contributed by atoms with Gasteiger partial charge in [0, 0.05) is 29.8 Å². The van der Waals surface area contributed by atoms with Gasteiger partial charge >= 0.3 is 0 Å². The van der Waals surface area contributed by atoms with E-state index in [1.807, 2.05) is 0 Å². The number of non-ortho nitro benzene ring substituents is 1. The van der Waals surface area contributed by atoms with E-state index >= 15 is 0 Å². The molecule has 1 aliphatic heterocycles. The molecule has 2 aromatic carbocycles. The largest absolute Gasteiger partial charge is 0.454 e. The first-order valence-electron chi connectivity index (χ1n) is 7.62. The van der Waals surface area contributed by atoms with Crippen LogP contribution in [0, 0.1) is 10.1 Å². The number of fused-ring (bicyclic) bond motifs is 1. The molecule has 0 aromatic heterocycles. The van der Waals surface area contributed by atoms with Crippen LogP contribution in [-0.4, -0.2) is 23.4 Å². The highest BCUT2D eigenvalue weighted by atomic mass is 16.7. The molecule has 0 spiro atoms. The fourth-order valence-electron chi connectivity index (χ4n) is 2.39. The summed E-state index contributed by atoms with van der Waals surface area (Å²) in [6.07, 6.45) is 2.79. The van der Waals surface area contributed by atoms with Crippen LogP contribution in [0.2, 0.25) is 0 Å². The number of hydrogen-bond donors (Lipinski definition) is 1. The number of nitro groups is 1. The zero-order valence-corrected chi connectivity index (χ0v) is 13.7. The Balaban J connectivity index is 1.75. The SMILES string of the molecule is CC(=O)c1cc2c(cc1NC(=O)C=Cc1ccc([N+](=O)[O-])cc1)OCO2. The lowest BCUT2D eigenvalue weighted by Gasteiger charge is -2.09. The molecule has 1 N–H and O–H groups in total. The Morgan fingerprint density at radius 1 is 1.15 bits per heavy atom. The Morgan fingerprint density at radius 3 is 2.42 bits per heavy atom. The second kappa shape index (κ2) is 7.06. The van der Waals surface area contributed by atoms with Crippen molar-refractivity contribution < 1.29 is 24.0 Å². The summed E-state index contributed by atoms with van der Waals surface area (Å²) >= 11 is 0. The van der Waals surface area contributed by atoms with Gasteiger partial charge < -0.3 is 14.8 Å². The second-order valence-corrected chi connectivity index (χ2v) is 5.48. The highest BCUT2D eigenvalue weighted by molar-refractivity contribution is 6.08. The molecule has 1 aliphatic rings. The standard InChI is InChI=1S/C18H14N2O6/c1-11(21)14-8-16-17(26-10-25-16)9-15(14)19-18(22)7-4-12-2-5-13(6-3-12)20(23)24/h2-9H,10H2,1H3,(H,19,22). The van der Waals surface area contributed by atoms with Gasteiger partial charge in [0.2, 0.25) is 12.7 Å². The van der Waals surface area contributed by atoms with Crippen LogP contribution < -0.4 is 14.8 Å². The molecule has 0 unspecified atom stereocenters. The second-order valence-electron chi connectivity index (χ2n) is 5.48. The van der Waals surface area contributed by atoms with Crippen molar-refractivity contribution in [2.75, 3.05) is 12.1 Å². The predicted octanol–water partition coefficient (Wildman–Crippen LogP) is 3.18. The Bertz CT molecular complexity index is 918. The van der Waals surface area contributed by atoms with Crippen LogP contribution in [0.15, 0.2) is 42.5 Å². The molecule has 0 atom stereocenters. The van der Waals surface area contributed by atoms with Crippen molar-refractivity contribution >= 4 is 29.1 Å². The van der Waals surface area contributed by atoms with Crippen LogP contribution >= 0.6 is 0 Å². The number of Topliss-reactive ketones (excluding diaryl/α,β-unsaturated/α-hetero) is 1. The van der Waals surface area contributed by atoms with E-state index in [4.69, 9.17) is 9.47 Å². The molecule has 2 aromatic rings. The minimum Gasteiger partial charge on any atom is -0.454 e. The van der Waals surface area contributed by atoms with Crippen molar-refractivity contribution in [2.24, 2.45) is 0 Å². The minimum absolute atomic E-state index is 0.0296. The van der Waals surface area contributed by atoms with Gasteiger partial charge in [-0.3, -0.25) is 19.7 Å². The molecule has 132 valence electrons. The van der Waals surface area contributed by atoms with Crippen LogP contribution in [-0.2, 0) is 4.79 Å². The van der Waals surface area contributed by atoms with Crippen molar-refractivity contribution in [3.8, 4) is 11.5 Å². The zero-order valence-electron chi connectivity index (χ0n) is 13.7. The Labute approximate surface area is 148 Å². The molecule has 0 bridgehead atoms. The first-order chi connectivity index (χ1) is 12.4. The zero-order chi connectivity index (χ0) is 18.7. The van der Waals surface area contributed by atoms with Gasteiger partial charge in [-0.25, -0.2) is 0 Å². The molecule has 3 rings (SSSR count). The summed E-state index contributed by atoms with van der Waals surface area (Å²) in [4.78, 5) is 34.1. The average Bonchev–Trinajstić information content (AvgIpc) is 3.06. The number of nitro benzene ring substituents is 1. The summed E-state index contributed by atoms with van der Waals surface area (Å²) < 4.78 is 10.5. The molecular weight excluding hydrogens is 340 g/mol. The van der Waals surface area contributed by atoms with E-state index in [1.165, 1.54) is 55.5 Å². The Kier molecular flexibility index (Phi) is 4.66. The Morgan fingerprint density at radius 2 is 1.81 bits per heavy atom. The quantitative estimate of drug-likeness (QED) is 0.382. The van der Waals surface area contributed by atoms with Crippen molar-refractivity contribution in [2.45, 2.75) is 6.92 Å². The number of ether oxygens (including phenoxy) is 2. The van der Waals surface area contributed by atoms with E-state index in [-0.39, 0.29) is 18.3 Å². The van der Waals surface area contributed by atoms with Gasteiger partial charge in [0.1, 0.15) is 0 Å². The molecular formula is C18H14N2O6. The third-order valence-electron chi connectivity index (χ3n) is 3.68. The highest BCUT2D eigenvalue weighted by Gasteiger charge is 2.19. The highest BCUT2D eigenvalue weighted by Crippen LogP contribution is 2.37.